The molecule has 0 radical (unpaired) electrons. The number of hydrogen-bond acceptors (Lipinski definition) is 4. The average Bonchev–Trinajstić information content (AvgIpc) is 3.27. The number of carbonyl (C=O) groups is 2. The molecule has 7 heteroatoms. The van der Waals surface area contributed by atoms with Crippen molar-refractivity contribution >= 4 is 39.1 Å². The van der Waals surface area contributed by atoms with Crippen LogP contribution in [0.2, 0.25) is 0 Å². The molecule has 3 rings (SSSR count). The lowest BCUT2D eigenvalue weighted by Gasteiger charge is -2.20. The number of nitrogens with two attached hydrogens (primary N) is 1. The zero-order valence-corrected chi connectivity index (χ0v) is 15.0. The minimum absolute atomic E-state index is 0.0635. The van der Waals surface area contributed by atoms with Gasteiger partial charge in [0.2, 0.25) is 5.91 Å². The molecule has 0 bridgehead atoms. The fourth-order valence-corrected chi connectivity index (χ4v) is 3.85. The van der Waals surface area contributed by atoms with E-state index in [1.165, 1.54) is 11.3 Å². The smallest absolute Gasteiger partial charge is 0.274 e. The van der Waals surface area contributed by atoms with Gasteiger partial charge in [0.05, 0.1) is 11.4 Å². The Kier molecular flexibility index (Phi) is 4.50. The third kappa shape index (κ3) is 3.61. The Labute approximate surface area is 146 Å². The molecular weight excluding hydrogens is 378 g/mol. The van der Waals surface area contributed by atoms with E-state index in [0.717, 1.165) is 28.8 Å². The maximum atomic E-state index is 12.9. The van der Waals surface area contributed by atoms with Gasteiger partial charge >= 0.3 is 0 Å². The summed E-state index contributed by atoms with van der Waals surface area (Å²) in [5.74, 6) is -0.736. The molecule has 1 saturated carbocycles. The molecule has 0 saturated heterocycles. The third-order valence-electron chi connectivity index (χ3n) is 3.69. The summed E-state index contributed by atoms with van der Waals surface area (Å²) in [4.78, 5) is 30.8. The molecule has 0 spiro atoms. The van der Waals surface area contributed by atoms with Crippen LogP contribution in [-0.2, 0) is 4.79 Å². The van der Waals surface area contributed by atoms with E-state index in [0.29, 0.717) is 9.61 Å². The summed E-state index contributed by atoms with van der Waals surface area (Å²) in [7, 11) is 0. The van der Waals surface area contributed by atoms with Gasteiger partial charge in [-0.3, -0.25) is 9.59 Å². The lowest BCUT2D eigenvalue weighted by atomic mass is 10.1. The summed E-state index contributed by atoms with van der Waals surface area (Å²) in [6.45, 7) is 1.95. The van der Waals surface area contributed by atoms with Gasteiger partial charge in [-0.05, 0) is 41.3 Å². The fraction of sp³-hybridized carbons (Fsp3) is 0.312. The molecule has 2 aromatic rings. The van der Waals surface area contributed by atoms with Crippen molar-refractivity contribution < 1.29 is 9.59 Å². The van der Waals surface area contributed by atoms with E-state index in [1.54, 1.807) is 4.90 Å². The highest BCUT2D eigenvalue weighted by atomic mass is 79.9. The van der Waals surface area contributed by atoms with Crippen molar-refractivity contribution in [3.63, 3.8) is 0 Å². The van der Waals surface area contributed by atoms with E-state index in [2.05, 4.69) is 20.9 Å². The third-order valence-corrected chi connectivity index (χ3v) is 5.25. The predicted octanol–water partition coefficient (Wildman–Crippen LogP) is 2.97. The molecule has 1 aliphatic carbocycles. The SMILES string of the molecule is Cc1ccc(-c2sc(Br)nc2C(=O)N(CC(N)=O)C2CC2)cc1. The monoisotopic (exact) mass is 393 g/mol. The topological polar surface area (TPSA) is 76.3 Å². The quantitative estimate of drug-likeness (QED) is 0.847. The van der Waals surface area contributed by atoms with Crippen molar-refractivity contribution in [1.82, 2.24) is 9.88 Å². The number of hydrogen-bond donors (Lipinski definition) is 1. The molecule has 1 heterocycles. The van der Waals surface area contributed by atoms with Crippen LogP contribution < -0.4 is 5.73 Å². The Morgan fingerprint density at radius 3 is 2.57 bits per heavy atom. The molecule has 120 valence electrons. The minimum atomic E-state index is -0.503. The number of nitrogens with zero attached hydrogens (tertiary/aromatic N) is 2. The van der Waals surface area contributed by atoms with Gasteiger partial charge in [0.1, 0.15) is 5.69 Å². The standard InChI is InChI=1S/C16H16BrN3O2S/c1-9-2-4-10(5-3-9)14-13(19-16(17)23-14)15(22)20(8-12(18)21)11-6-7-11/h2-5,11H,6-8H2,1H3,(H2,18,21). The Morgan fingerprint density at radius 2 is 2.00 bits per heavy atom. The Hall–Kier alpha value is -1.73. The predicted molar refractivity (Wildman–Crippen MR) is 93.2 cm³/mol. The first-order valence-corrected chi connectivity index (χ1v) is 8.89. The Bertz CT molecular complexity index is 753. The van der Waals surface area contributed by atoms with E-state index in [1.807, 2.05) is 31.2 Å². The van der Waals surface area contributed by atoms with Crippen molar-refractivity contribution in [2.45, 2.75) is 25.8 Å². The van der Waals surface area contributed by atoms with Gasteiger partial charge in [-0.15, -0.1) is 11.3 Å². The average molecular weight is 394 g/mol. The number of primary amides is 1. The van der Waals surface area contributed by atoms with E-state index in [4.69, 9.17) is 5.73 Å². The van der Waals surface area contributed by atoms with E-state index in [-0.39, 0.29) is 18.5 Å². The Balaban J connectivity index is 1.97. The van der Waals surface area contributed by atoms with Gasteiger partial charge in [0.15, 0.2) is 3.92 Å². The van der Waals surface area contributed by atoms with E-state index in [9.17, 15) is 9.59 Å². The second-order valence-electron chi connectivity index (χ2n) is 5.64. The summed E-state index contributed by atoms with van der Waals surface area (Å²) in [5, 5.41) is 0. The van der Waals surface area contributed by atoms with Crippen LogP contribution in [0.5, 0.6) is 0 Å². The highest BCUT2D eigenvalue weighted by Gasteiger charge is 2.36. The van der Waals surface area contributed by atoms with E-state index >= 15 is 0 Å². The fourth-order valence-electron chi connectivity index (χ4n) is 2.40. The number of benzene rings is 1. The van der Waals surface area contributed by atoms with Gasteiger partial charge in [0.25, 0.3) is 5.91 Å². The molecule has 0 atom stereocenters. The summed E-state index contributed by atoms with van der Waals surface area (Å²) < 4.78 is 0.645. The molecule has 1 aromatic heterocycles. The number of carbonyl (C=O) groups excluding carboxylic acids is 2. The maximum absolute atomic E-state index is 12.9. The van der Waals surface area contributed by atoms with Crippen LogP contribution in [0.4, 0.5) is 0 Å². The number of amides is 2. The minimum Gasteiger partial charge on any atom is -0.368 e. The Morgan fingerprint density at radius 1 is 1.35 bits per heavy atom. The summed E-state index contributed by atoms with van der Waals surface area (Å²) in [6.07, 6.45) is 1.81. The van der Waals surface area contributed by atoms with Gasteiger partial charge in [-0.25, -0.2) is 4.98 Å². The normalized spacial score (nSPS) is 13.8. The van der Waals surface area contributed by atoms with Gasteiger partial charge in [-0.1, -0.05) is 29.8 Å². The molecular formula is C16H16BrN3O2S. The van der Waals surface area contributed by atoms with Crippen molar-refractivity contribution in [3.8, 4) is 10.4 Å². The molecule has 0 unspecified atom stereocenters. The van der Waals surface area contributed by atoms with Crippen LogP contribution in [0, 0.1) is 6.92 Å². The first-order chi connectivity index (χ1) is 11.0. The van der Waals surface area contributed by atoms with Crippen LogP contribution in [0.15, 0.2) is 28.2 Å². The second-order valence-corrected chi connectivity index (χ2v) is 7.92. The first kappa shape index (κ1) is 16.1. The van der Waals surface area contributed by atoms with Gasteiger partial charge < -0.3 is 10.6 Å². The molecule has 2 amide bonds. The summed E-state index contributed by atoms with van der Waals surface area (Å²) >= 11 is 4.77. The molecule has 1 aliphatic rings. The molecule has 5 nitrogen and oxygen atoms in total. The lowest BCUT2D eigenvalue weighted by Crippen LogP contribution is -2.40. The lowest BCUT2D eigenvalue weighted by molar-refractivity contribution is -0.118. The number of rotatable bonds is 5. The van der Waals surface area contributed by atoms with Gasteiger partial charge in [-0.2, -0.15) is 0 Å². The molecule has 1 aromatic carbocycles. The zero-order chi connectivity index (χ0) is 16.6. The number of thiazole rings is 1. The maximum Gasteiger partial charge on any atom is 0.274 e. The first-order valence-electron chi connectivity index (χ1n) is 7.28. The molecule has 23 heavy (non-hydrogen) atoms. The van der Waals surface area contributed by atoms with Crippen LogP contribution in [0.3, 0.4) is 0 Å². The highest BCUT2D eigenvalue weighted by Crippen LogP contribution is 2.36. The second kappa shape index (κ2) is 6.41. The molecule has 2 N–H and O–H groups in total. The largest absolute Gasteiger partial charge is 0.368 e. The van der Waals surface area contributed by atoms with Crippen LogP contribution in [0.25, 0.3) is 10.4 Å². The molecule has 0 aliphatic heterocycles. The van der Waals surface area contributed by atoms with Crippen LogP contribution in [0.1, 0.15) is 28.9 Å². The highest BCUT2D eigenvalue weighted by molar-refractivity contribution is 9.11. The van der Waals surface area contributed by atoms with Gasteiger partial charge in [0, 0.05) is 6.04 Å². The summed E-state index contributed by atoms with van der Waals surface area (Å²) in [5.41, 5.74) is 7.75. The van der Waals surface area contributed by atoms with Crippen molar-refractivity contribution in [2.24, 2.45) is 5.73 Å². The van der Waals surface area contributed by atoms with Crippen molar-refractivity contribution in [2.75, 3.05) is 6.54 Å². The molecule has 1 fully saturated rings. The van der Waals surface area contributed by atoms with E-state index < -0.39 is 5.91 Å². The van der Waals surface area contributed by atoms with Crippen LogP contribution >= 0.6 is 27.3 Å². The van der Waals surface area contributed by atoms with Crippen molar-refractivity contribution in [3.05, 3.63) is 39.4 Å². The van der Waals surface area contributed by atoms with Crippen LogP contribution in [-0.4, -0.2) is 34.3 Å². The zero-order valence-electron chi connectivity index (χ0n) is 12.6. The van der Waals surface area contributed by atoms with Crippen molar-refractivity contribution in [1.29, 1.82) is 0 Å². The summed E-state index contributed by atoms with van der Waals surface area (Å²) in [6, 6.07) is 8.04. The number of aryl methyl sites for hydroxylation is 1. The number of aromatic nitrogens is 1. The number of halogens is 1.